The molecule has 0 aliphatic carbocycles. The highest BCUT2D eigenvalue weighted by Gasteiger charge is 2.24. The van der Waals surface area contributed by atoms with E-state index in [0.29, 0.717) is 31.0 Å². The van der Waals surface area contributed by atoms with Gasteiger partial charge in [-0.05, 0) is 13.8 Å². The van der Waals surface area contributed by atoms with E-state index in [-0.39, 0.29) is 5.69 Å². The van der Waals surface area contributed by atoms with Crippen LogP contribution in [0.4, 0.5) is 11.5 Å². The van der Waals surface area contributed by atoms with E-state index in [4.69, 9.17) is 0 Å². The largest absolute Gasteiger partial charge is 0.364 e. The van der Waals surface area contributed by atoms with E-state index in [9.17, 15) is 10.1 Å². The SMILES string of the molecule is CCn1nc(C)c([N+](=O)[O-])c1NCCc1nccn1C. The summed E-state index contributed by atoms with van der Waals surface area (Å²) in [6.07, 6.45) is 4.30. The van der Waals surface area contributed by atoms with Gasteiger partial charge >= 0.3 is 5.69 Å². The molecule has 8 heteroatoms. The molecule has 0 bridgehead atoms. The van der Waals surface area contributed by atoms with Gasteiger partial charge in [0.1, 0.15) is 11.5 Å². The summed E-state index contributed by atoms with van der Waals surface area (Å²) in [5, 5.41) is 18.4. The van der Waals surface area contributed by atoms with Gasteiger partial charge < -0.3 is 9.88 Å². The van der Waals surface area contributed by atoms with Gasteiger partial charge in [-0.15, -0.1) is 0 Å². The molecule has 2 aromatic rings. The lowest BCUT2D eigenvalue weighted by molar-refractivity contribution is -0.384. The van der Waals surface area contributed by atoms with E-state index in [1.165, 1.54) is 0 Å². The number of aryl methyl sites for hydroxylation is 3. The third-order valence-corrected chi connectivity index (χ3v) is 3.14. The summed E-state index contributed by atoms with van der Waals surface area (Å²) >= 11 is 0. The fourth-order valence-corrected chi connectivity index (χ4v) is 2.12. The average Bonchev–Trinajstić information content (AvgIpc) is 2.93. The van der Waals surface area contributed by atoms with Crippen molar-refractivity contribution < 1.29 is 4.92 Å². The van der Waals surface area contributed by atoms with Crippen molar-refractivity contribution in [2.45, 2.75) is 26.8 Å². The van der Waals surface area contributed by atoms with Crippen LogP contribution >= 0.6 is 0 Å². The van der Waals surface area contributed by atoms with Crippen molar-refractivity contribution in [2.75, 3.05) is 11.9 Å². The Morgan fingerprint density at radius 2 is 2.25 bits per heavy atom. The van der Waals surface area contributed by atoms with Crippen LogP contribution in [0.5, 0.6) is 0 Å². The Balaban J connectivity index is 2.12. The summed E-state index contributed by atoms with van der Waals surface area (Å²) in [5.74, 6) is 1.39. The van der Waals surface area contributed by atoms with Crippen LogP contribution in [0.25, 0.3) is 0 Å². The van der Waals surface area contributed by atoms with Crippen molar-refractivity contribution in [3.63, 3.8) is 0 Å². The van der Waals surface area contributed by atoms with Crippen LogP contribution in [0.15, 0.2) is 12.4 Å². The van der Waals surface area contributed by atoms with Crippen LogP contribution in [0.3, 0.4) is 0 Å². The van der Waals surface area contributed by atoms with Crippen molar-refractivity contribution in [2.24, 2.45) is 7.05 Å². The van der Waals surface area contributed by atoms with Gasteiger partial charge in [0.2, 0.25) is 5.82 Å². The Morgan fingerprint density at radius 3 is 2.80 bits per heavy atom. The molecule has 0 saturated heterocycles. The van der Waals surface area contributed by atoms with Gasteiger partial charge in [-0.25, -0.2) is 9.67 Å². The summed E-state index contributed by atoms with van der Waals surface area (Å²) in [6.45, 7) is 4.70. The van der Waals surface area contributed by atoms with E-state index < -0.39 is 4.92 Å². The number of anilines is 1. The third kappa shape index (κ3) is 2.63. The lowest BCUT2D eigenvalue weighted by Gasteiger charge is -2.07. The molecule has 0 unspecified atom stereocenters. The summed E-state index contributed by atoms with van der Waals surface area (Å²) in [7, 11) is 1.92. The first-order valence-electron chi connectivity index (χ1n) is 6.46. The lowest BCUT2D eigenvalue weighted by Crippen LogP contribution is -2.13. The standard InChI is InChI=1S/C12H18N6O2/c1-4-17-12(11(18(19)20)9(2)15-17)14-6-5-10-13-7-8-16(10)3/h7-8,14H,4-6H2,1-3H3. The molecule has 0 radical (unpaired) electrons. The van der Waals surface area contributed by atoms with E-state index in [1.807, 2.05) is 24.7 Å². The summed E-state index contributed by atoms with van der Waals surface area (Å²) in [6, 6.07) is 0. The molecule has 0 atom stereocenters. The number of hydrogen-bond donors (Lipinski definition) is 1. The number of imidazole rings is 1. The second kappa shape index (κ2) is 5.72. The zero-order chi connectivity index (χ0) is 14.7. The number of nitro groups is 1. The first-order valence-corrected chi connectivity index (χ1v) is 6.46. The fraction of sp³-hybridized carbons (Fsp3) is 0.500. The van der Waals surface area contributed by atoms with Crippen molar-refractivity contribution in [1.29, 1.82) is 0 Å². The van der Waals surface area contributed by atoms with Gasteiger partial charge in [0, 0.05) is 39.0 Å². The molecule has 8 nitrogen and oxygen atoms in total. The number of aromatic nitrogens is 4. The summed E-state index contributed by atoms with van der Waals surface area (Å²) < 4.78 is 3.55. The minimum atomic E-state index is -0.391. The number of nitrogens with one attached hydrogen (secondary N) is 1. The highest BCUT2D eigenvalue weighted by molar-refractivity contribution is 5.59. The van der Waals surface area contributed by atoms with Crippen molar-refractivity contribution in [3.05, 3.63) is 34.0 Å². The second-order valence-corrected chi connectivity index (χ2v) is 4.49. The molecule has 0 aliphatic heterocycles. The van der Waals surface area contributed by atoms with Crippen molar-refractivity contribution in [3.8, 4) is 0 Å². The van der Waals surface area contributed by atoms with Gasteiger partial charge in [0.15, 0.2) is 0 Å². The molecule has 108 valence electrons. The molecule has 2 aromatic heterocycles. The second-order valence-electron chi connectivity index (χ2n) is 4.49. The number of nitrogens with zero attached hydrogens (tertiary/aromatic N) is 5. The maximum Gasteiger partial charge on any atom is 0.333 e. The maximum atomic E-state index is 11.1. The van der Waals surface area contributed by atoms with Gasteiger partial charge in [-0.2, -0.15) is 5.10 Å². The van der Waals surface area contributed by atoms with Gasteiger partial charge in [0.25, 0.3) is 0 Å². The predicted molar refractivity (Wildman–Crippen MR) is 74.7 cm³/mol. The average molecular weight is 278 g/mol. The van der Waals surface area contributed by atoms with Crippen LogP contribution in [-0.2, 0) is 20.0 Å². The Bertz CT molecular complexity index is 615. The van der Waals surface area contributed by atoms with Gasteiger partial charge in [-0.3, -0.25) is 10.1 Å². The predicted octanol–water partition coefficient (Wildman–Crippen LogP) is 1.51. The van der Waals surface area contributed by atoms with Crippen molar-refractivity contribution in [1.82, 2.24) is 19.3 Å². The van der Waals surface area contributed by atoms with E-state index in [2.05, 4.69) is 15.4 Å². The minimum Gasteiger partial charge on any atom is -0.364 e. The molecule has 0 amide bonds. The topological polar surface area (TPSA) is 90.8 Å². The maximum absolute atomic E-state index is 11.1. The minimum absolute atomic E-state index is 0.0479. The normalized spacial score (nSPS) is 10.8. The molecular formula is C12H18N6O2. The Labute approximate surface area is 116 Å². The number of hydrogen-bond acceptors (Lipinski definition) is 5. The molecule has 0 saturated carbocycles. The quantitative estimate of drug-likeness (QED) is 0.639. The molecule has 0 spiro atoms. The van der Waals surface area contributed by atoms with Crippen LogP contribution in [0, 0.1) is 17.0 Å². The lowest BCUT2D eigenvalue weighted by atomic mass is 10.3. The monoisotopic (exact) mass is 278 g/mol. The molecule has 1 N–H and O–H groups in total. The van der Waals surface area contributed by atoms with Gasteiger partial charge in [-0.1, -0.05) is 0 Å². The van der Waals surface area contributed by atoms with Crippen LogP contribution < -0.4 is 5.32 Å². The highest BCUT2D eigenvalue weighted by atomic mass is 16.6. The van der Waals surface area contributed by atoms with Crippen molar-refractivity contribution >= 4 is 11.5 Å². The molecular weight excluding hydrogens is 260 g/mol. The van der Waals surface area contributed by atoms with E-state index >= 15 is 0 Å². The first kappa shape index (κ1) is 14.0. The summed E-state index contributed by atoms with van der Waals surface area (Å²) in [4.78, 5) is 14.9. The van der Waals surface area contributed by atoms with Crippen LogP contribution in [0.2, 0.25) is 0 Å². The zero-order valence-corrected chi connectivity index (χ0v) is 11.8. The van der Waals surface area contributed by atoms with E-state index in [1.54, 1.807) is 17.8 Å². The van der Waals surface area contributed by atoms with Gasteiger partial charge in [0.05, 0.1) is 4.92 Å². The summed E-state index contributed by atoms with van der Waals surface area (Å²) in [5.41, 5.74) is 0.475. The molecule has 2 heterocycles. The number of rotatable bonds is 6. The highest BCUT2D eigenvalue weighted by Crippen LogP contribution is 2.27. The Hall–Kier alpha value is -2.38. The zero-order valence-electron chi connectivity index (χ0n) is 11.8. The first-order chi connectivity index (χ1) is 9.54. The molecule has 0 aliphatic rings. The third-order valence-electron chi connectivity index (χ3n) is 3.14. The fourth-order valence-electron chi connectivity index (χ4n) is 2.12. The molecule has 2 rings (SSSR count). The van der Waals surface area contributed by atoms with E-state index in [0.717, 1.165) is 5.82 Å². The Morgan fingerprint density at radius 1 is 1.50 bits per heavy atom. The smallest absolute Gasteiger partial charge is 0.333 e. The van der Waals surface area contributed by atoms with Crippen LogP contribution in [-0.4, -0.2) is 30.8 Å². The van der Waals surface area contributed by atoms with Crippen LogP contribution in [0.1, 0.15) is 18.4 Å². The molecule has 0 fully saturated rings. The Kier molecular flexibility index (Phi) is 4.02. The molecule has 20 heavy (non-hydrogen) atoms. The molecule has 0 aromatic carbocycles.